The molecule has 1 saturated heterocycles. The second-order valence-electron chi connectivity index (χ2n) is 6.75. The highest BCUT2D eigenvalue weighted by Gasteiger charge is 2.45. The van der Waals surface area contributed by atoms with Gasteiger partial charge in [0.25, 0.3) is 5.92 Å². The molecule has 0 spiro atoms. The topological polar surface area (TPSA) is 46.8 Å². The van der Waals surface area contributed by atoms with E-state index in [4.69, 9.17) is 4.74 Å². The van der Waals surface area contributed by atoms with Crippen LogP contribution in [-0.4, -0.2) is 34.7 Å². The molecule has 1 fully saturated rings. The first-order chi connectivity index (χ1) is 13.4. The van der Waals surface area contributed by atoms with Crippen LogP contribution in [0, 0.1) is 5.82 Å². The van der Waals surface area contributed by atoms with Crippen LogP contribution in [0.25, 0.3) is 5.52 Å². The maximum absolute atomic E-state index is 14.3. The van der Waals surface area contributed by atoms with Crippen molar-refractivity contribution in [3.63, 3.8) is 0 Å². The van der Waals surface area contributed by atoms with Gasteiger partial charge in [0.05, 0.1) is 30.9 Å². The van der Waals surface area contributed by atoms with Crippen LogP contribution in [-0.2, 0) is 4.74 Å². The van der Waals surface area contributed by atoms with E-state index in [1.54, 1.807) is 31.3 Å². The van der Waals surface area contributed by atoms with Gasteiger partial charge in [0.2, 0.25) is 0 Å². The number of halogens is 3. The zero-order valence-corrected chi connectivity index (χ0v) is 15.1. The number of hydrogen-bond donors (Lipinski definition) is 0. The number of carbonyl (C=O) groups excluding carboxylic acids is 1. The van der Waals surface area contributed by atoms with Crippen molar-refractivity contribution in [2.45, 2.75) is 25.3 Å². The molecule has 1 aliphatic rings. The average molecular weight is 389 g/mol. The maximum Gasteiger partial charge on any atom is 0.341 e. The minimum absolute atomic E-state index is 0.218. The third-order valence-electron chi connectivity index (χ3n) is 4.84. The number of aromatic nitrogens is 2. The Kier molecular flexibility index (Phi) is 4.49. The van der Waals surface area contributed by atoms with Gasteiger partial charge in [0.1, 0.15) is 11.4 Å². The van der Waals surface area contributed by atoms with Crippen molar-refractivity contribution >= 4 is 17.2 Å². The van der Waals surface area contributed by atoms with Crippen molar-refractivity contribution in [2.75, 3.05) is 18.1 Å². The molecule has 0 unspecified atom stereocenters. The third kappa shape index (κ3) is 3.30. The van der Waals surface area contributed by atoms with Crippen LogP contribution < -0.4 is 4.90 Å². The number of hydrogen-bond acceptors (Lipinski definition) is 4. The van der Waals surface area contributed by atoms with Crippen molar-refractivity contribution in [2.24, 2.45) is 0 Å². The average Bonchev–Trinajstić information content (AvgIpc) is 3.22. The number of alkyl halides is 2. The molecule has 146 valence electrons. The third-order valence-corrected chi connectivity index (χ3v) is 4.84. The van der Waals surface area contributed by atoms with Gasteiger partial charge in [-0.3, -0.25) is 0 Å². The predicted molar refractivity (Wildman–Crippen MR) is 97.2 cm³/mol. The number of ether oxygens (including phenoxy) is 1. The lowest BCUT2D eigenvalue weighted by Gasteiger charge is -2.26. The Bertz CT molecular complexity index is 1030. The quantitative estimate of drug-likeness (QED) is 0.627. The van der Waals surface area contributed by atoms with Crippen LogP contribution in [0.15, 0.2) is 48.8 Å². The number of carbonyl (C=O) groups is 1. The van der Waals surface area contributed by atoms with Crippen LogP contribution in [0.3, 0.4) is 0 Å². The van der Waals surface area contributed by atoms with Crippen molar-refractivity contribution in [3.05, 3.63) is 65.7 Å². The Labute approximate surface area is 159 Å². The smallest absolute Gasteiger partial charge is 0.341 e. The monoisotopic (exact) mass is 389 g/mol. The summed E-state index contributed by atoms with van der Waals surface area (Å²) in [5.41, 5.74) is 1.71. The fraction of sp³-hybridized carbons (Fsp3) is 0.300. The normalized spacial score (nSPS) is 18.6. The first kappa shape index (κ1) is 18.3. The van der Waals surface area contributed by atoms with Crippen molar-refractivity contribution in [1.82, 2.24) is 9.61 Å². The molecule has 0 aliphatic carbocycles. The molecule has 2 aromatic heterocycles. The highest BCUT2D eigenvalue weighted by molar-refractivity contribution is 5.97. The van der Waals surface area contributed by atoms with Crippen LogP contribution in [0.1, 0.15) is 35.3 Å². The van der Waals surface area contributed by atoms with Gasteiger partial charge in [-0.1, -0.05) is 12.1 Å². The van der Waals surface area contributed by atoms with Gasteiger partial charge in [0.15, 0.2) is 0 Å². The number of nitrogens with zero attached hydrogens (tertiary/aromatic N) is 3. The minimum Gasteiger partial charge on any atom is -0.462 e. The van der Waals surface area contributed by atoms with E-state index in [1.807, 2.05) is 0 Å². The van der Waals surface area contributed by atoms with Gasteiger partial charge >= 0.3 is 5.97 Å². The molecular formula is C20H18F3N3O2. The molecule has 3 aromatic rings. The van der Waals surface area contributed by atoms with Crippen molar-refractivity contribution in [1.29, 1.82) is 0 Å². The standard InChI is InChI=1S/C20H18F3N3O2/c1-2-28-19(27)16-11-24-26-7-6-15(9-17(16)26)25-12-20(22,23)10-18(25)13-4-3-5-14(21)8-13/h3-9,11,18H,2,10,12H2,1H3/t18-/m1/s1. The Hall–Kier alpha value is -3.03. The van der Waals surface area contributed by atoms with Gasteiger partial charge in [-0.15, -0.1) is 0 Å². The fourth-order valence-electron chi connectivity index (χ4n) is 3.61. The van der Waals surface area contributed by atoms with E-state index in [1.165, 1.54) is 33.8 Å². The molecule has 0 radical (unpaired) electrons. The molecule has 8 heteroatoms. The van der Waals surface area contributed by atoms with E-state index in [-0.39, 0.29) is 12.2 Å². The number of benzene rings is 1. The molecule has 0 amide bonds. The van der Waals surface area contributed by atoms with Crippen LogP contribution in [0.2, 0.25) is 0 Å². The SMILES string of the molecule is CCOC(=O)c1cnn2ccc(N3CC(F)(F)C[C@@H]3c3cccc(F)c3)cc12. The van der Waals surface area contributed by atoms with Crippen molar-refractivity contribution < 1.29 is 22.7 Å². The molecule has 1 aromatic carbocycles. The largest absolute Gasteiger partial charge is 0.462 e. The zero-order valence-electron chi connectivity index (χ0n) is 15.1. The summed E-state index contributed by atoms with van der Waals surface area (Å²) >= 11 is 0. The number of fused-ring (bicyclic) bond motifs is 1. The molecule has 1 atom stereocenters. The molecule has 5 nitrogen and oxygen atoms in total. The summed E-state index contributed by atoms with van der Waals surface area (Å²) in [6, 6.07) is 8.32. The highest BCUT2D eigenvalue weighted by Crippen LogP contribution is 2.44. The Morgan fingerprint density at radius 1 is 1.32 bits per heavy atom. The summed E-state index contributed by atoms with van der Waals surface area (Å²) in [6.45, 7) is 1.42. The number of esters is 1. The number of rotatable bonds is 4. The lowest BCUT2D eigenvalue weighted by atomic mass is 10.0. The fourth-order valence-corrected chi connectivity index (χ4v) is 3.61. The van der Waals surface area contributed by atoms with E-state index in [2.05, 4.69) is 5.10 Å². The van der Waals surface area contributed by atoms with E-state index >= 15 is 0 Å². The summed E-state index contributed by atoms with van der Waals surface area (Å²) in [5, 5.41) is 4.11. The Morgan fingerprint density at radius 2 is 2.14 bits per heavy atom. The molecule has 4 rings (SSSR count). The molecule has 0 bridgehead atoms. The van der Waals surface area contributed by atoms with E-state index < -0.39 is 36.7 Å². The molecule has 0 N–H and O–H groups in total. The van der Waals surface area contributed by atoms with Gasteiger partial charge in [-0.25, -0.2) is 22.5 Å². The molecule has 3 heterocycles. The predicted octanol–water partition coefficient (Wildman–Crippen LogP) is 4.24. The lowest BCUT2D eigenvalue weighted by molar-refractivity contribution is 0.0222. The van der Waals surface area contributed by atoms with Gasteiger partial charge < -0.3 is 9.64 Å². The molecule has 1 aliphatic heterocycles. The molecule has 0 saturated carbocycles. The lowest BCUT2D eigenvalue weighted by Crippen LogP contribution is -2.26. The first-order valence-electron chi connectivity index (χ1n) is 8.92. The summed E-state index contributed by atoms with van der Waals surface area (Å²) in [7, 11) is 0. The van der Waals surface area contributed by atoms with Gasteiger partial charge in [-0.05, 0) is 36.8 Å². The summed E-state index contributed by atoms with van der Waals surface area (Å²) in [5.74, 6) is -3.90. The summed E-state index contributed by atoms with van der Waals surface area (Å²) in [6.07, 6.45) is 2.58. The summed E-state index contributed by atoms with van der Waals surface area (Å²) in [4.78, 5) is 13.7. The van der Waals surface area contributed by atoms with Crippen molar-refractivity contribution in [3.8, 4) is 0 Å². The second-order valence-corrected chi connectivity index (χ2v) is 6.75. The minimum atomic E-state index is -2.91. The Balaban J connectivity index is 1.76. The van der Waals surface area contributed by atoms with Crippen LogP contribution >= 0.6 is 0 Å². The summed E-state index contributed by atoms with van der Waals surface area (Å²) < 4.78 is 48.7. The van der Waals surface area contributed by atoms with Crippen LogP contribution in [0.5, 0.6) is 0 Å². The molecule has 28 heavy (non-hydrogen) atoms. The van der Waals surface area contributed by atoms with Crippen LogP contribution in [0.4, 0.5) is 18.9 Å². The number of pyridine rings is 1. The Morgan fingerprint density at radius 3 is 2.89 bits per heavy atom. The van der Waals surface area contributed by atoms with E-state index in [0.717, 1.165) is 0 Å². The van der Waals surface area contributed by atoms with Gasteiger partial charge in [0, 0.05) is 18.3 Å². The highest BCUT2D eigenvalue weighted by atomic mass is 19.3. The zero-order chi connectivity index (χ0) is 19.9. The van der Waals surface area contributed by atoms with E-state index in [0.29, 0.717) is 16.8 Å². The second kappa shape index (κ2) is 6.85. The maximum atomic E-state index is 14.3. The molecular weight excluding hydrogens is 371 g/mol. The van der Waals surface area contributed by atoms with E-state index in [9.17, 15) is 18.0 Å². The first-order valence-corrected chi connectivity index (χ1v) is 8.92. The van der Waals surface area contributed by atoms with Gasteiger partial charge in [-0.2, -0.15) is 5.10 Å². The number of anilines is 1.